The molecule has 0 radical (unpaired) electrons. The summed E-state index contributed by atoms with van der Waals surface area (Å²) >= 11 is 0. The Hall–Kier alpha value is -1.89. The van der Waals surface area contributed by atoms with Gasteiger partial charge >= 0.3 is 0 Å². The molecule has 0 unspecified atom stereocenters. The second-order valence-corrected chi connectivity index (χ2v) is 9.12. The van der Waals surface area contributed by atoms with Gasteiger partial charge in [-0.05, 0) is 31.0 Å². The lowest BCUT2D eigenvalue weighted by Crippen LogP contribution is -2.37. The molecule has 0 aromatic heterocycles. The molecule has 1 N–H and O–H groups in total. The van der Waals surface area contributed by atoms with Crippen molar-refractivity contribution in [3.63, 3.8) is 0 Å². The molecule has 0 atom stereocenters. The molecule has 1 aliphatic heterocycles. The Labute approximate surface area is 156 Å². The van der Waals surface area contributed by atoms with Crippen LogP contribution in [0.3, 0.4) is 0 Å². The number of Topliss-reactive ketones (excluding diaryl/α,β-unsaturated/α-hetero) is 1. The van der Waals surface area contributed by atoms with Gasteiger partial charge in [-0.1, -0.05) is 33.8 Å². The van der Waals surface area contributed by atoms with Crippen molar-refractivity contribution in [2.75, 3.05) is 18.0 Å². The summed E-state index contributed by atoms with van der Waals surface area (Å²) in [6.07, 6.45) is 1.55. The molecular formula is C19H28N2O4S. The van der Waals surface area contributed by atoms with E-state index in [1.807, 2.05) is 19.9 Å². The average molecular weight is 381 g/mol. The highest BCUT2D eigenvalue weighted by Gasteiger charge is 2.27. The number of hydrogen-bond acceptors (Lipinski definition) is 5. The summed E-state index contributed by atoms with van der Waals surface area (Å²) in [5, 5.41) is 0. The third kappa shape index (κ3) is 4.84. The van der Waals surface area contributed by atoms with Crippen molar-refractivity contribution in [1.29, 1.82) is 0 Å². The van der Waals surface area contributed by atoms with E-state index in [0.29, 0.717) is 18.9 Å². The molecule has 1 fully saturated rings. The summed E-state index contributed by atoms with van der Waals surface area (Å²) in [6.45, 7) is 8.56. The Bertz CT molecular complexity index is 763. The summed E-state index contributed by atoms with van der Waals surface area (Å²) in [5.41, 5.74) is 0.792. The molecule has 1 amide bonds. The molecule has 6 nitrogen and oxygen atoms in total. The first kappa shape index (κ1) is 20.4. The molecule has 7 heteroatoms. The minimum absolute atomic E-state index is 0.0459. The maximum Gasteiger partial charge on any atom is 0.264 e. The predicted molar refractivity (Wildman–Crippen MR) is 101 cm³/mol. The van der Waals surface area contributed by atoms with Crippen molar-refractivity contribution in [1.82, 2.24) is 4.72 Å². The van der Waals surface area contributed by atoms with Crippen LogP contribution in [0.25, 0.3) is 0 Å². The van der Waals surface area contributed by atoms with Crippen LogP contribution >= 0.6 is 0 Å². The zero-order valence-corrected chi connectivity index (χ0v) is 16.7. The second-order valence-electron chi connectivity index (χ2n) is 7.44. The lowest BCUT2D eigenvalue weighted by Gasteiger charge is -2.33. The topological polar surface area (TPSA) is 83.6 Å². The predicted octanol–water partition coefficient (Wildman–Crippen LogP) is 2.59. The fraction of sp³-hybridized carbons (Fsp3) is 0.579. The van der Waals surface area contributed by atoms with E-state index in [0.717, 1.165) is 18.5 Å². The molecule has 144 valence electrons. The summed E-state index contributed by atoms with van der Waals surface area (Å²) in [5.74, 6) is -0.501. The average Bonchev–Trinajstić information content (AvgIpc) is 2.60. The van der Waals surface area contributed by atoms with Crippen LogP contribution < -0.4 is 9.62 Å². The van der Waals surface area contributed by atoms with Crippen LogP contribution in [0.2, 0.25) is 0 Å². The van der Waals surface area contributed by atoms with E-state index in [-0.39, 0.29) is 16.7 Å². The van der Waals surface area contributed by atoms with Crippen molar-refractivity contribution in [2.24, 2.45) is 17.8 Å². The Morgan fingerprint density at radius 1 is 1.08 bits per heavy atom. The van der Waals surface area contributed by atoms with E-state index >= 15 is 0 Å². The number of carbonyl (C=O) groups excluding carboxylic acids is 2. The van der Waals surface area contributed by atoms with Gasteiger partial charge in [0.15, 0.2) is 0 Å². The van der Waals surface area contributed by atoms with Crippen molar-refractivity contribution in [3.05, 3.63) is 24.3 Å². The Morgan fingerprint density at radius 2 is 1.69 bits per heavy atom. The highest BCUT2D eigenvalue weighted by Crippen LogP contribution is 2.27. The standard InChI is InChI=1S/C19H28N2O4S/c1-13(2)18(22)15-8-10-21(11-9-15)16-6-5-7-17(12-16)26(24,25)20-19(23)14(3)4/h5-7,12-15H,8-11H2,1-4H3,(H,20,23). The van der Waals surface area contributed by atoms with Crippen LogP contribution in [-0.2, 0) is 19.6 Å². The molecule has 1 saturated heterocycles. The van der Waals surface area contributed by atoms with Gasteiger partial charge in [0, 0.05) is 36.5 Å². The van der Waals surface area contributed by atoms with Gasteiger partial charge in [-0.15, -0.1) is 0 Å². The van der Waals surface area contributed by atoms with Crippen LogP contribution in [-0.4, -0.2) is 33.2 Å². The number of nitrogens with zero attached hydrogens (tertiary/aromatic N) is 1. The zero-order chi connectivity index (χ0) is 19.5. The van der Waals surface area contributed by atoms with E-state index in [1.165, 1.54) is 6.07 Å². The van der Waals surface area contributed by atoms with Gasteiger partial charge in [-0.25, -0.2) is 13.1 Å². The van der Waals surface area contributed by atoms with Crippen molar-refractivity contribution >= 4 is 27.4 Å². The van der Waals surface area contributed by atoms with Crippen molar-refractivity contribution < 1.29 is 18.0 Å². The number of anilines is 1. The molecule has 1 aromatic rings. The minimum atomic E-state index is -3.88. The van der Waals surface area contributed by atoms with E-state index in [9.17, 15) is 18.0 Å². The molecule has 1 aliphatic rings. The quantitative estimate of drug-likeness (QED) is 0.820. The van der Waals surface area contributed by atoms with Crippen molar-refractivity contribution in [2.45, 2.75) is 45.4 Å². The van der Waals surface area contributed by atoms with Gasteiger partial charge in [-0.3, -0.25) is 9.59 Å². The molecule has 2 rings (SSSR count). The maximum absolute atomic E-state index is 12.4. The number of rotatable bonds is 6. The number of amides is 1. The maximum atomic E-state index is 12.4. The first-order valence-corrected chi connectivity index (χ1v) is 10.6. The van der Waals surface area contributed by atoms with Gasteiger partial charge in [0.2, 0.25) is 5.91 Å². The largest absolute Gasteiger partial charge is 0.371 e. The first-order valence-electron chi connectivity index (χ1n) is 9.07. The van der Waals surface area contributed by atoms with E-state index < -0.39 is 21.8 Å². The molecule has 0 spiro atoms. The summed E-state index contributed by atoms with van der Waals surface area (Å²) in [4.78, 5) is 26.1. The van der Waals surface area contributed by atoms with Crippen LogP contribution in [0, 0.1) is 17.8 Å². The van der Waals surface area contributed by atoms with Gasteiger partial charge in [-0.2, -0.15) is 0 Å². The number of benzene rings is 1. The number of carbonyl (C=O) groups is 2. The lowest BCUT2D eigenvalue weighted by molar-refractivity contribution is -0.126. The number of ketones is 1. The molecular weight excluding hydrogens is 352 g/mol. The van der Waals surface area contributed by atoms with Crippen LogP contribution in [0.15, 0.2) is 29.2 Å². The summed E-state index contributed by atoms with van der Waals surface area (Å²) < 4.78 is 26.9. The molecule has 0 bridgehead atoms. The van der Waals surface area contributed by atoms with Gasteiger partial charge < -0.3 is 4.90 Å². The summed E-state index contributed by atoms with van der Waals surface area (Å²) in [6, 6.07) is 6.60. The van der Waals surface area contributed by atoms with E-state index in [4.69, 9.17) is 0 Å². The Morgan fingerprint density at radius 3 is 2.23 bits per heavy atom. The number of sulfonamides is 1. The highest BCUT2D eigenvalue weighted by atomic mass is 32.2. The Balaban J connectivity index is 2.11. The molecule has 26 heavy (non-hydrogen) atoms. The van der Waals surface area contributed by atoms with Crippen LogP contribution in [0.1, 0.15) is 40.5 Å². The van der Waals surface area contributed by atoms with Gasteiger partial charge in [0.1, 0.15) is 5.78 Å². The normalized spacial score (nSPS) is 16.2. The van der Waals surface area contributed by atoms with E-state index in [2.05, 4.69) is 9.62 Å². The van der Waals surface area contributed by atoms with Crippen molar-refractivity contribution in [3.8, 4) is 0 Å². The number of piperidine rings is 1. The summed E-state index contributed by atoms with van der Waals surface area (Å²) in [7, 11) is -3.88. The fourth-order valence-corrected chi connectivity index (χ4v) is 4.20. The zero-order valence-electron chi connectivity index (χ0n) is 15.9. The first-order chi connectivity index (χ1) is 12.1. The fourth-order valence-electron chi connectivity index (χ4n) is 3.05. The lowest BCUT2D eigenvalue weighted by atomic mass is 9.87. The SMILES string of the molecule is CC(C)C(=O)NS(=O)(=O)c1cccc(N2CCC(C(=O)C(C)C)CC2)c1. The third-order valence-corrected chi connectivity index (χ3v) is 6.06. The number of nitrogens with one attached hydrogen (secondary N) is 1. The van der Waals surface area contributed by atoms with Gasteiger partial charge in [0.05, 0.1) is 4.90 Å². The molecule has 0 aliphatic carbocycles. The second kappa shape index (κ2) is 8.20. The Kier molecular flexibility index (Phi) is 6.44. The third-order valence-electron chi connectivity index (χ3n) is 4.72. The monoisotopic (exact) mass is 380 g/mol. The molecule has 1 heterocycles. The van der Waals surface area contributed by atoms with Gasteiger partial charge in [0.25, 0.3) is 10.0 Å². The smallest absolute Gasteiger partial charge is 0.264 e. The number of hydrogen-bond donors (Lipinski definition) is 1. The van der Waals surface area contributed by atoms with E-state index in [1.54, 1.807) is 26.0 Å². The highest BCUT2D eigenvalue weighted by molar-refractivity contribution is 7.90. The van der Waals surface area contributed by atoms with Crippen LogP contribution in [0.4, 0.5) is 5.69 Å². The molecule has 1 aromatic carbocycles. The van der Waals surface area contributed by atoms with Crippen LogP contribution in [0.5, 0.6) is 0 Å². The minimum Gasteiger partial charge on any atom is -0.371 e. The molecule has 0 saturated carbocycles.